The molecular formula is C54H62F7N9O8. The van der Waals surface area contributed by atoms with Gasteiger partial charge >= 0.3 is 24.5 Å². The predicted octanol–water partition coefficient (Wildman–Crippen LogP) is 6.28. The third-order valence-electron chi connectivity index (χ3n) is 14.4. The molecule has 2 aromatic heterocycles. The zero-order valence-corrected chi connectivity index (χ0v) is 43.7. The number of hydrogen-bond donors (Lipinski definition) is 5. The largest absolute Gasteiger partial charge is 0.453 e. The summed E-state index contributed by atoms with van der Waals surface area (Å²) in [5.74, 6) is 3.56. The van der Waals surface area contributed by atoms with Crippen molar-refractivity contribution in [3.05, 3.63) is 113 Å². The minimum Gasteiger partial charge on any atom is -0.453 e. The Morgan fingerprint density at radius 1 is 0.769 bits per heavy atom. The highest BCUT2D eigenvalue weighted by molar-refractivity contribution is 5.87. The first-order valence-electron chi connectivity index (χ1n) is 25.1. The van der Waals surface area contributed by atoms with E-state index in [0.29, 0.717) is 79.3 Å². The smallest absolute Gasteiger partial charge is 0.407 e. The van der Waals surface area contributed by atoms with Crippen LogP contribution in [0.3, 0.4) is 0 Å². The van der Waals surface area contributed by atoms with E-state index in [0.717, 1.165) is 70.3 Å². The summed E-state index contributed by atoms with van der Waals surface area (Å²) in [6.45, 7) is 4.80. The Bertz CT molecular complexity index is 2780. The van der Waals surface area contributed by atoms with Crippen molar-refractivity contribution in [3.8, 4) is 23.1 Å². The molecule has 3 aliphatic rings. The predicted molar refractivity (Wildman–Crippen MR) is 270 cm³/mol. The van der Waals surface area contributed by atoms with Crippen molar-refractivity contribution in [1.82, 2.24) is 41.3 Å². The Morgan fingerprint density at radius 3 is 1.92 bits per heavy atom. The van der Waals surface area contributed by atoms with Gasteiger partial charge in [-0.05, 0) is 94.5 Å². The van der Waals surface area contributed by atoms with E-state index in [9.17, 15) is 55.0 Å². The zero-order valence-electron chi connectivity index (χ0n) is 43.7. The van der Waals surface area contributed by atoms with Crippen molar-refractivity contribution in [1.29, 1.82) is 0 Å². The average molecular weight is 1100 g/mol. The molecule has 0 saturated carbocycles. The van der Waals surface area contributed by atoms with E-state index < -0.39 is 83.8 Å². The Hall–Kier alpha value is -7.07. The summed E-state index contributed by atoms with van der Waals surface area (Å²) in [6.07, 6.45) is -12.7. The molecule has 0 unspecified atom stereocenters. The molecule has 4 aromatic rings. The van der Waals surface area contributed by atoms with Crippen LogP contribution in [0.25, 0.3) is 11.3 Å². The number of aliphatic hydroxyl groups excluding tert-OH is 1. The molecule has 5 N–H and O–H groups in total. The molecule has 0 aliphatic carbocycles. The van der Waals surface area contributed by atoms with Crippen molar-refractivity contribution in [3.63, 3.8) is 0 Å². The molecule has 6 atom stereocenters. The molecular weight excluding hydrogens is 1040 g/mol. The molecule has 5 heterocycles. The van der Waals surface area contributed by atoms with E-state index in [1.807, 2.05) is 22.8 Å². The molecule has 420 valence electrons. The molecule has 3 aliphatic heterocycles. The number of alkyl halides is 6. The molecule has 78 heavy (non-hydrogen) atoms. The maximum Gasteiger partial charge on any atom is 0.407 e. The number of fused-ring (bicyclic) bond motifs is 2. The van der Waals surface area contributed by atoms with Gasteiger partial charge in [0.2, 0.25) is 5.91 Å². The second kappa shape index (κ2) is 24.3. The molecule has 2 aromatic carbocycles. The minimum absolute atomic E-state index is 0.307. The van der Waals surface area contributed by atoms with Crippen LogP contribution >= 0.6 is 0 Å². The minimum atomic E-state index is -5.11. The number of nitrogens with one attached hydrogen (secondary N) is 4. The van der Waals surface area contributed by atoms with Gasteiger partial charge < -0.3 is 40.2 Å². The number of piperazine rings is 1. The van der Waals surface area contributed by atoms with Crippen molar-refractivity contribution >= 4 is 29.8 Å². The van der Waals surface area contributed by atoms with Crippen LogP contribution in [-0.2, 0) is 36.8 Å². The van der Waals surface area contributed by atoms with Gasteiger partial charge in [0.25, 0.3) is 5.91 Å². The van der Waals surface area contributed by atoms with Crippen molar-refractivity contribution in [2.75, 3.05) is 51.9 Å². The standard InChI is InChI=1S/C54H62F7N9O8/c1-51(2,53(56,57)58)45(66-50(75)76-6)47(72)65-42(23-33-10-7-32(8-11-33)9-12-34-15-22-44(64-24-34)68-27-38-19-20-39(28-68)70(38)40-30-77-31-40)43(71)29-69(26-35-13-16-36(17-14-35)41-21-18-37(55)25-63-41)67-48(73)46(78-49(74)62-5)52(3,4)54(59,60)61/h7-8,10-11,13-18,21-22,24-25,38-40,42-43,45-46,71H,19-20,23,26-31H2,1-6H3,(H,62,74)(H,65,72)(H,66,75)(H,67,73)/t38-,39-,42-,43-,45+,46+/m0/s1. The average Bonchev–Trinajstić information content (AvgIpc) is 3.81. The molecule has 0 spiro atoms. The lowest BCUT2D eigenvalue weighted by Gasteiger charge is -2.47. The summed E-state index contributed by atoms with van der Waals surface area (Å²) < 4.78 is 116. The van der Waals surface area contributed by atoms with E-state index in [1.54, 1.807) is 54.7 Å². The van der Waals surface area contributed by atoms with E-state index in [4.69, 9.17) is 14.5 Å². The van der Waals surface area contributed by atoms with Gasteiger partial charge in [-0.15, -0.1) is 0 Å². The molecule has 3 saturated heterocycles. The molecule has 3 fully saturated rings. The van der Waals surface area contributed by atoms with E-state index in [1.165, 1.54) is 12.1 Å². The van der Waals surface area contributed by atoms with Gasteiger partial charge in [-0.25, -0.2) is 24.0 Å². The fourth-order valence-electron chi connectivity index (χ4n) is 9.46. The van der Waals surface area contributed by atoms with Crippen LogP contribution in [0.4, 0.5) is 46.1 Å². The number of aromatic nitrogens is 2. The van der Waals surface area contributed by atoms with E-state index in [-0.39, 0.29) is 13.0 Å². The topological polar surface area (TPSA) is 200 Å². The van der Waals surface area contributed by atoms with Crippen molar-refractivity contribution in [2.24, 2.45) is 10.8 Å². The Morgan fingerprint density at radius 2 is 1.38 bits per heavy atom. The van der Waals surface area contributed by atoms with Crippen LogP contribution in [-0.4, -0.2) is 151 Å². The number of pyridine rings is 2. The summed E-state index contributed by atoms with van der Waals surface area (Å²) in [4.78, 5) is 66.6. The number of hydrazine groups is 1. The van der Waals surface area contributed by atoms with Gasteiger partial charge in [-0.2, -0.15) is 26.3 Å². The second-order valence-electron chi connectivity index (χ2n) is 20.6. The fourth-order valence-corrected chi connectivity index (χ4v) is 9.46. The molecule has 17 nitrogen and oxygen atoms in total. The number of amides is 4. The number of benzene rings is 2. The third-order valence-corrected chi connectivity index (χ3v) is 14.4. The highest BCUT2D eigenvalue weighted by Gasteiger charge is 2.58. The summed E-state index contributed by atoms with van der Waals surface area (Å²) >= 11 is 0. The van der Waals surface area contributed by atoms with Crippen LogP contribution < -0.4 is 26.3 Å². The lowest BCUT2D eigenvalue weighted by Crippen LogP contribution is -2.62. The molecule has 24 heteroatoms. The van der Waals surface area contributed by atoms with Crippen LogP contribution in [0.15, 0.2) is 85.2 Å². The van der Waals surface area contributed by atoms with Gasteiger partial charge in [-0.1, -0.05) is 48.2 Å². The van der Waals surface area contributed by atoms with Gasteiger partial charge in [0.05, 0.1) is 55.8 Å². The SMILES string of the molecule is CNC(=O)O[C@H](C(=O)NN(Cc1ccc(-c2ccc(F)cn2)cc1)C[C@H](O)[C@H](Cc1ccc(C#Cc2ccc(N3C[C@@H]4CC[C@@H](C3)N4C3COC3)nc2)cc1)NC(=O)[C@@H](NC(=O)OC)C(C)(C)C(F)(F)F)C(C)(C)C(F)(F)F. The number of alkyl carbamates (subject to hydrolysis) is 2. The molecule has 7 rings (SSSR count). The lowest BCUT2D eigenvalue weighted by molar-refractivity contribution is -0.239. The first-order chi connectivity index (χ1) is 36.8. The highest BCUT2D eigenvalue weighted by Crippen LogP contribution is 2.43. The summed E-state index contributed by atoms with van der Waals surface area (Å²) in [5.41, 5.74) is -0.755. The number of hydrogen-bond acceptors (Lipinski definition) is 13. The van der Waals surface area contributed by atoms with Crippen molar-refractivity contribution < 1.29 is 69.2 Å². The normalized spacial score (nSPS) is 18.6. The number of nitrogens with zero attached hydrogens (tertiary/aromatic N) is 5. The van der Waals surface area contributed by atoms with Gasteiger partial charge in [0.15, 0.2) is 6.10 Å². The number of carbonyl (C=O) groups excluding carboxylic acids is 4. The molecule has 4 amide bonds. The number of carbonyl (C=O) groups is 4. The molecule has 2 bridgehead atoms. The van der Waals surface area contributed by atoms with Crippen molar-refractivity contribution in [2.45, 2.75) is 108 Å². The Labute approximate surface area is 446 Å². The summed E-state index contributed by atoms with van der Waals surface area (Å²) in [6, 6.07) is 16.6. The Balaban J connectivity index is 1.15. The van der Waals surface area contributed by atoms with Crippen LogP contribution in [0, 0.1) is 28.5 Å². The number of halogens is 7. The maximum absolute atomic E-state index is 14.6. The highest BCUT2D eigenvalue weighted by atomic mass is 19.4. The van der Waals surface area contributed by atoms with Crippen LogP contribution in [0.5, 0.6) is 0 Å². The number of methoxy groups -OCH3 is 1. The number of rotatable bonds is 18. The number of anilines is 1. The molecule has 0 radical (unpaired) electrons. The second-order valence-corrected chi connectivity index (χ2v) is 20.6. The van der Waals surface area contributed by atoms with Crippen LogP contribution in [0.2, 0.25) is 0 Å². The number of ether oxygens (including phenoxy) is 3. The monoisotopic (exact) mass is 1100 g/mol. The van der Waals surface area contributed by atoms with E-state index in [2.05, 4.69) is 42.1 Å². The van der Waals surface area contributed by atoms with Gasteiger partial charge in [0.1, 0.15) is 23.1 Å². The first kappa shape index (κ1) is 58.6. The Kier molecular flexibility index (Phi) is 18.3. The summed E-state index contributed by atoms with van der Waals surface area (Å²) in [5, 5.41) is 19.5. The quantitative estimate of drug-likeness (QED) is 0.0424. The lowest BCUT2D eigenvalue weighted by atomic mass is 9.82. The van der Waals surface area contributed by atoms with E-state index >= 15 is 0 Å². The maximum atomic E-state index is 14.6. The number of aliphatic hydroxyl groups is 1. The van der Waals surface area contributed by atoms with Gasteiger partial charge in [-0.3, -0.25) is 24.9 Å². The van der Waals surface area contributed by atoms with Gasteiger partial charge in [0, 0.05) is 68.2 Å². The first-order valence-corrected chi connectivity index (χ1v) is 25.1. The zero-order chi connectivity index (χ0) is 56.7. The summed E-state index contributed by atoms with van der Waals surface area (Å²) in [7, 11) is 1.95. The van der Waals surface area contributed by atoms with Crippen LogP contribution in [0.1, 0.15) is 62.8 Å². The fraction of sp³-hybridized carbons (Fsp3) is 0.481. The third kappa shape index (κ3) is 14.0.